The van der Waals surface area contributed by atoms with Gasteiger partial charge in [0.2, 0.25) is 0 Å². The zero-order valence-corrected chi connectivity index (χ0v) is 9.99. The lowest BCUT2D eigenvalue weighted by atomic mass is 10.4. The van der Waals surface area contributed by atoms with E-state index in [1.807, 2.05) is 7.05 Å². The van der Waals surface area contributed by atoms with Crippen LogP contribution in [0.2, 0.25) is 0 Å². The van der Waals surface area contributed by atoms with Crippen molar-refractivity contribution in [1.82, 2.24) is 9.97 Å². The largest absolute Gasteiger partial charge is 0.385 e. The normalized spacial score (nSPS) is 10.2. The van der Waals surface area contributed by atoms with Gasteiger partial charge < -0.3 is 9.64 Å². The first-order chi connectivity index (χ1) is 6.75. The van der Waals surface area contributed by atoms with E-state index in [0.29, 0.717) is 0 Å². The van der Waals surface area contributed by atoms with Gasteiger partial charge in [-0.2, -0.15) is 0 Å². The molecule has 0 fully saturated rings. The zero-order chi connectivity index (χ0) is 10.4. The number of ether oxygens (including phenoxy) is 1. The summed E-state index contributed by atoms with van der Waals surface area (Å²) in [4.78, 5) is 10.2. The van der Waals surface area contributed by atoms with Gasteiger partial charge in [0.25, 0.3) is 0 Å². The Bertz CT molecular complexity index is 283. The molecule has 0 saturated heterocycles. The highest BCUT2D eigenvalue weighted by Crippen LogP contribution is 2.20. The molecule has 4 nitrogen and oxygen atoms in total. The highest BCUT2D eigenvalue weighted by Gasteiger charge is 2.05. The number of anilines is 1. The molecule has 0 aromatic carbocycles. The van der Waals surface area contributed by atoms with Crippen molar-refractivity contribution < 1.29 is 4.74 Å². The van der Waals surface area contributed by atoms with Gasteiger partial charge in [-0.3, -0.25) is 0 Å². The predicted molar refractivity (Wildman–Crippen MR) is 59.5 cm³/mol. The molecule has 1 aromatic rings. The monoisotopic (exact) mass is 259 g/mol. The predicted octanol–water partition coefficient (Wildman–Crippen LogP) is 1.71. The number of hydrogen-bond donors (Lipinski definition) is 0. The van der Waals surface area contributed by atoms with Crippen LogP contribution in [0.4, 0.5) is 5.82 Å². The first kappa shape index (κ1) is 11.4. The van der Waals surface area contributed by atoms with E-state index in [9.17, 15) is 0 Å². The van der Waals surface area contributed by atoms with Gasteiger partial charge in [-0.25, -0.2) is 9.97 Å². The molecule has 0 saturated carbocycles. The van der Waals surface area contributed by atoms with Crippen LogP contribution in [0.15, 0.2) is 17.0 Å². The Morgan fingerprint density at radius 1 is 1.57 bits per heavy atom. The summed E-state index contributed by atoms with van der Waals surface area (Å²) in [6.07, 6.45) is 4.28. The third kappa shape index (κ3) is 3.23. The summed E-state index contributed by atoms with van der Waals surface area (Å²) in [5, 5.41) is 0. The van der Waals surface area contributed by atoms with E-state index in [2.05, 4.69) is 30.8 Å². The number of methoxy groups -OCH3 is 1. The van der Waals surface area contributed by atoms with E-state index < -0.39 is 0 Å². The Morgan fingerprint density at radius 3 is 3.00 bits per heavy atom. The summed E-state index contributed by atoms with van der Waals surface area (Å²) in [7, 11) is 3.71. The van der Waals surface area contributed by atoms with Gasteiger partial charge in [0.05, 0.1) is 4.47 Å². The lowest BCUT2D eigenvalue weighted by Gasteiger charge is -2.18. The molecule has 0 unspecified atom stereocenters. The summed E-state index contributed by atoms with van der Waals surface area (Å²) in [5.74, 6) is 0.913. The summed E-state index contributed by atoms with van der Waals surface area (Å²) in [5.41, 5.74) is 0. The van der Waals surface area contributed by atoms with Gasteiger partial charge in [0.1, 0.15) is 12.1 Å². The summed E-state index contributed by atoms with van der Waals surface area (Å²) in [6.45, 7) is 1.69. The molecule has 0 aliphatic carbocycles. The molecule has 1 aromatic heterocycles. The van der Waals surface area contributed by atoms with E-state index >= 15 is 0 Å². The van der Waals surface area contributed by atoms with Crippen molar-refractivity contribution in [1.29, 1.82) is 0 Å². The van der Waals surface area contributed by atoms with E-state index in [4.69, 9.17) is 4.74 Å². The van der Waals surface area contributed by atoms with Crippen molar-refractivity contribution in [3.63, 3.8) is 0 Å². The highest BCUT2D eigenvalue weighted by atomic mass is 79.9. The maximum atomic E-state index is 4.99. The Balaban J connectivity index is 2.51. The maximum absolute atomic E-state index is 4.99. The van der Waals surface area contributed by atoms with E-state index in [-0.39, 0.29) is 0 Å². The maximum Gasteiger partial charge on any atom is 0.146 e. The Morgan fingerprint density at radius 2 is 2.36 bits per heavy atom. The zero-order valence-electron chi connectivity index (χ0n) is 8.40. The van der Waals surface area contributed by atoms with Crippen LogP contribution < -0.4 is 4.90 Å². The molecule has 0 N–H and O–H groups in total. The van der Waals surface area contributed by atoms with Crippen molar-refractivity contribution in [2.45, 2.75) is 6.42 Å². The Hall–Kier alpha value is -0.680. The average Bonchev–Trinajstić information content (AvgIpc) is 2.18. The van der Waals surface area contributed by atoms with Gasteiger partial charge in [0.15, 0.2) is 0 Å². The minimum atomic E-state index is 0.771. The molecule has 0 amide bonds. The smallest absolute Gasteiger partial charge is 0.146 e. The SMILES string of the molecule is COCCCN(C)c1ncncc1Br. The lowest BCUT2D eigenvalue weighted by molar-refractivity contribution is 0.196. The average molecular weight is 260 g/mol. The summed E-state index contributed by atoms with van der Waals surface area (Å²) >= 11 is 3.41. The molecular formula is C9H14BrN3O. The summed E-state index contributed by atoms with van der Waals surface area (Å²) in [6, 6.07) is 0. The quantitative estimate of drug-likeness (QED) is 0.755. The Labute approximate surface area is 92.4 Å². The first-order valence-corrected chi connectivity index (χ1v) is 5.20. The molecule has 14 heavy (non-hydrogen) atoms. The molecule has 1 heterocycles. The second-order valence-corrected chi connectivity index (χ2v) is 3.82. The molecule has 5 heteroatoms. The van der Waals surface area contributed by atoms with Gasteiger partial charge in [0, 0.05) is 33.5 Å². The van der Waals surface area contributed by atoms with E-state index in [1.54, 1.807) is 19.6 Å². The molecule has 1 rings (SSSR count). The number of hydrogen-bond acceptors (Lipinski definition) is 4. The topological polar surface area (TPSA) is 38.2 Å². The fraction of sp³-hybridized carbons (Fsp3) is 0.556. The molecule has 0 atom stereocenters. The summed E-state index contributed by atoms with van der Waals surface area (Å²) < 4.78 is 5.90. The number of nitrogens with zero attached hydrogens (tertiary/aromatic N) is 3. The molecule has 0 radical (unpaired) electrons. The van der Waals surface area contributed by atoms with Gasteiger partial charge >= 0.3 is 0 Å². The standard InChI is InChI=1S/C9H14BrN3O/c1-13(4-3-5-14-2)9-8(10)6-11-7-12-9/h6-7H,3-5H2,1-2H3. The first-order valence-electron chi connectivity index (χ1n) is 4.41. The van der Waals surface area contributed by atoms with Crippen LogP contribution in [0.3, 0.4) is 0 Å². The number of aromatic nitrogens is 2. The lowest BCUT2D eigenvalue weighted by Crippen LogP contribution is -2.21. The second kappa shape index (κ2) is 5.93. The van der Waals surface area contributed by atoms with Crippen LogP contribution in [0.25, 0.3) is 0 Å². The molecule has 78 valence electrons. The van der Waals surface area contributed by atoms with E-state index in [1.165, 1.54) is 0 Å². The van der Waals surface area contributed by atoms with Crippen LogP contribution in [0.5, 0.6) is 0 Å². The van der Waals surface area contributed by atoms with E-state index in [0.717, 1.165) is 29.9 Å². The van der Waals surface area contributed by atoms with Crippen molar-refractivity contribution in [3.05, 3.63) is 17.0 Å². The van der Waals surface area contributed by atoms with Gasteiger partial charge in [-0.1, -0.05) is 0 Å². The fourth-order valence-corrected chi connectivity index (χ4v) is 1.66. The van der Waals surface area contributed by atoms with Gasteiger partial charge in [-0.15, -0.1) is 0 Å². The Kier molecular flexibility index (Phi) is 4.82. The molecule has 0 spiro atoms. The number of rotatable bonds is 5. The van der Waals surface area contributed by atoms with Crippen LogP contribution in [0.1, 0.15) is 6.42 Å². The molecule has 0 aliphatic heterocycles. The minimum absolute atomic E-state index is 0.771. The number of halogens is 1. The van der Waals surface area contributed by atoms with Crippen LogP contribution in [0, 0.1) is 0 Å². The third-order valence-electron chi connectivity index (χ3n) is 1.85. The molecule has 0 bridgehead atoms. The van der Waals surface area contributed by atoms with Crippen molar-refractivity contribution >= 4 is 21.7 Å². The van der Waals surface area contributed by atoms with Crippen LogP contribution in [-0.4, -0.2) is 37.3 Å². The van der Waals surface area contributed by atoms with Crippen molar-refractivity contribution in [2.24, 2.45) is 0 Å². The van der Waals surface area contributed by atoms with Crippen molar-refractivity contribution in [3.8, 4) is 0 Å². The highest BCUT2D eigenvalue weighted by molar-refractivity contribution is 9.10. The van der Waals surface area contributed by atoms with Crippen LogP contribution in [-0.2, 0) is 4.74 Å². The minimum Gasteiger partial charge on any atom is -0.385 e. The van der Waals surface area contributed by atoms with Gasteiger partial charge in [-0.05, 0) is 22.4 Å². The fourth-order valence-electron chi connectivity index (χ4n) is 1.14. The third-order valence-corrected chi connectivity index (χ3v) is 2.41. The molecular weight excluding hydrogens is 246 g/mol. The van der Waals surface area contributed by atoms with Crippen LogP contribution >= 0.6 is 15.9 Å². The van der Waals surface area contributed by atoms with Crippen molar-refractivity contribution in [2.75, 3.05) is 32.2 Å². The second-order valence-electron chi connectivity index (χ2n) is 2.96. The molecule has 0 aliphatic rings.